The molecule has 32 heavy (non-hydrogen) atoms. The van der Waals surface area contributed by atoms with Crippen LogP contribution in [-0.4, -0.2) is 53.8 Å². The van der Waals surface area contributed by atoms with Crippen LogP contribution in [0.25, 0.3) is 0 Å². The minimum absolute atomic E-state index is 0.0882. The van der Waals surface area contributed by atoms with E-state index in [0.717, 1.165) is 18.4 Å². The van der Waals surface area contributed by atoms with Gasteiger partial charge in [-0.05, 0) is 36.2 Å². The molecule has 1 heterocycles. The summed E-state index contributed by atoms with van der Waals surface area (Å²) in [5.41, 5.74) is 1.23. The number of phenolic OH excluding ortho intramolecular Hbond substituents is 1. The molecule has 0 aliphatic carbocycles. The van der Waals surface area contributed by atoms with Crippen LogP contribution >= 0.6 is 11.3 Å². The number of carbonyl (C=O) groups is 4. The Morgan fingerprint density at radius 2 is 1.78 bits per heavy atom. The number of aryl methyl sites for hydroxylation is 1. The van der Waals surface area contributed by atoms with Gasteiger partial charge in [0.2, 0.25) is 0 Å². The summed E-state index contributed by atoms with van der Waals surface area (Å²) in [6.07, 6.45) is -1.35. The normalized spacial score (nSPS) is 10.8. The second-order valence-corrected chi connectivity index (χ2v) is 7.26. The maximum absolute atomic E-state index is 12.6. The van der Waals surface area contributed by atoms with Crippen molar-refractivity contribution in [2.24, 2.45) is 0 Å². The zero-order valence-electron chi connectivity index (χ0n) is 18.2. The van der Waals surface area contributed by atoms with E-state index in [1.165, 1.54) is 12.1 Å². The average molecular weight is 466 g/mol. The Labute approximate surface area is 189 Å². The maximum atomic E-state index is 12.6. The topological polar surface area (TPSA) is 154 Å². The third-order valence-corrected chi connectivity index (χ3v) is 5.19. The second kappa shape index (κ2) is 13.0. The number of hydrogen-bond acceptors (Lipinski definition) is 7. The lowest BCUT2D eigenvalue weighted by Gasteiger charge is -2.16. The standard InChI is InChI=1S/C19H21N3O7S.C2H6/c1-10-6-14(16(24)20-8-11-4-3-5-12(23)7-11)30-15(10)17(25)22-13(18(26)29-2)9-21-19(27)28;1-2/h3-7,13,21,23H,8-9H2,1-2H3,(H,20,24)(H,22,25)(H,27,28);1-2H3. The fourth-order valence-corrected chi connectivity index (χ4v) is 3.50. The molecule has 0 radical (unpaired) electrons. The zero-order chi connectivity index (χ0) is 24.3. The van der Waals surface area contributed by atoms with E-state index < -0.39 is 29.9 Å². The molecule has 2 aromatic rings. The molecule has 3 amide bonds. The van der Waals surface area contributed by atoms with E-state index in [0.29, 0.717) is 11.1 Å². The molecule has 0 aliphatic rings. The maximum Gasteiger partial charge on any atom is 0.404 e. The summed E-state index contributed by atoms with van der Waals surface area (Å²) in [5.74, 6) is -1.75. The molecule has 0 aliphatic heterocycles. The molecule has 1 aromatic carbocycles. The number of hydrogen-bond donors (Lipinski definition) is 5. The van der Waals surface area contributed by atoms with E-state index in [4.69, 9.17) is 5.11 Å². The Hall–Kier alpha value is -3.60. The molecule has 1 atom stereocenters. The Morgan fingerprint density at radius 1 is 1.09 bits per heavy atom. The highest BCUT2D eigenvalue weighted by atomic mass is 32.1. The minimum atomic E-state index is -1.35. The van der Waals surface area contributed by atoms with E-state index >= 15 is 0 Å². The number of benzene rings is 1. The average Bonchev–Trinajstić information content (AvgIpc) is 3.17. The summed E-state index contributed by atoms with van der Waals surface area (Å²) in [6.45, 7) is 5.46. The van der Waals surface area contributed by atoms with Crippen LogP contribution in [-0.2, 0) is 16.1 Å². The third-order valence-electron chi connectivity index (χ3n) is 3.96. The molecule has 0 saturated heterocycles. The van der Waals surface area contributed by atoms with Gasteiger partial charge in [-0.2, -0.15) is 0 Å². The van der Waals surface area contributed by atoms with Gasteiger partial charge in [-0.3, -0.25) is 9.59 Å². The van der Waals surface area contributed by atoms with Crippen molar-refractivity contribution in [3.63, 3.8) is 0 Å². The van der Waals surface area contributed by atoms with Crippen LogP contribution in [0.3, 0.4) is 0 Å². The Balaban J connectivity index is 0.00000249. The molecule has 174 valence electrons. The van der Waals surface area contributed by atoms with Crippen LogP contribution in [0.15, 0.2) is 30.3 Å². The molecular weight excluding hydrogens is 438 g/mol. The number of ether oxygens (including phenoxy) is 1. The number of amides is 3. The molecule has 1 aromatic heterocycles. The highest BCUT2D eigenvalue weighted by Gasteiger charge is 2.25. The monoisotopic (exact) mass is 465 g/mol. The predicted octanol–water partition coefficient (Wildman–Crippen LogP) is 2.26. The van der Waals surface area contributed by atoms with E-state index in [1.807, 2.05) is 19.2 Å². The molecule has 11 heteroatoms. The number of rotatable bonds is 8. The summed E-state index contributed by atoms with van der Waals surface area (Å²) in [7, 11) is 1.12. The molecule has 10 nitrogen and oxygen atoms in total. The quantitative estimate of drug-likeness (QED) is 0.375. The molecule has 0 bridgehead atoms. The first-order valence-corrected chi connectivity index (χ1v) is 10.5. The van der Waals surface area contributed by atoms with Gasteiger partial charge in [0, 0.05) is 6.54 Å². The number of carboxylic acid groups (broad SMARTS) is 1. The van der Waals surface area contributed by atoms with Crippen LogP contribution in [0, 0.1) is 6.92 Å². The van der Waals surface area contributed by atoms with Crippen LogP contribution in [0.2, 0.25) is 0 Å². The largest absolute Gasteiger partial charge is 0.508 e. The zero-order valence-corrected chi connectivity index (χ0v) is 19.0. The van der Waals surface area contributed by atoms with Crippen molar-refractivity contribution in [1.82, 2.24) is 16.0 Å². The van der Waals surface area contributed by atoms with Crippen molar-refractivity contribution in [2.75, 3.05) is 13.7 Å². The number of methoxy groups -OCH3 is 1. The van der Waals surface area contributed by atoms with Crippen molar-refractivity contribution in [3.05, 3.63) is 51.2 Å². The molecule has 0 fully saturated rings. The van der Waals surface area contributed by atoms with Crippen LogP contribution in [0.1, 0.15) is 44.3 Å². The molecule has 0 spiro atoms. The number of nitrogens with one attached hydrogen (secondary N) is 3. The Kier molecular flexibility index (Phi) is 10.7. The summed E-state index contributed by atoms with van der Waals surface area (Å²) >= 11 is 0.937. The van der Waals surface area contributed by atoms with Gasteiger partial charge in [-0.15, -0.1) is 11.3 Å². The number of aromatic hydroxyl groups is 1. The lowest BCUT2D eigenvalue weighted by molar-refractivity contribution is -0.142. The lowest BCUT2D eigenvalue weighted by Crippen LogP contribution is -2.48. The molecule has 1 unspecified atom stereocenters. The van der Waals surface area contributed by atoms with Gasteiger partial charge in [-0.1, -0.05) is 26.0 Å². The SMILES string of the molecule is CC.COC(=O)C(CNC(=O)O)NC(=O)c1sc(C(=O)NCc2cccc(O)c2)cc1C. The summed E-state index contributed by atoms with van der Waals surface area (Å²) in [6, 6.07) is 6.77. The molecule has 0 saturated carbocycles. The van der Waals surface area contributed by atoms with Crippen LogP contribution in [0.5, 0.6) is 5.75 Å². The fourth-order valence-electron chi connectivity index (χ4n) is 2.50. The van der Waals surface area contributed by atoms with Crippen molar-refractivity contribution in [2.45, 2.75) is 33.4 Å². The molecule has 5 N–H and O–H groups in total. The lowest BCUT2D eigenvalue weighted by atomic mass is 10.2. The van der Waals surface area contributed by atoms with E-state index in [9.17, 15) is 24.3 Å². The van der Waals surface area contributed by atoms with Gasteiger partial charge in [-0.25, -0.2) is 9.59 Å². The van der Waals surface area contributed by atoms with Gasteiger partial charge in [0.25, 0.3) is 11.8 Å². The van der Waals surface area contributed by atoms with Crippen molar-refractivity contribution < 1.29 is 34.1 Å². The van der Waals surface area contributed by atoms with Crippen LogP contribution < -0.4 is 16.0 Å². The number of esters is 1. The highest BCUT2D eigenvalue weighted by molar-refractivity contribution is 7.16. The first-order valence-electron chi connectivity index (χ1n) is 9.73. The second-order valence-electron chi connectivity index (χ2n) is 6.21. The Morgan fingerprint density at radius 3 is 2.38 bits per heavy atom. The third kappa shape index (κ3) is 7.91. The molecular formula is C21H27N3O7S. The number of carbonyl (C=O) groups excluding carboxylic acids is 3. The van der Waals surface area contributed by atoms with Gasteiger partial charge >= 0.3 is 12.1 Å². The first kappa shape index (κ1) is 26.4. The minimum Gasteiger partial charge on any atom is -0.508 e. The van der Waals surface area contributed by atoms with Crippen molar-refractivity contribution in [3.8, 4) is 5.75 Å². The van der Waals surface area contributed by atoms with E-state index in [-0.39, 0.29) is 28.6 Å². The smallest absolute Gasteiger partial charge is 0.404 e. The summed E-state index contributed by atoms with van der Waals surface area (Å²) < 4.78 is 4.57. The summed E-state index contributed by atoms with van der Waals surface area (Å²) in [4.78, 5) is 47.9. The van der Waals surface area contributed by atoms with Gasteiger partial charge in [0.05, 0.1) is 23.4 Å². The summed E-state index contributed by atoms with van der Waals surface area (Å²) in [5, 5.41) is 25.3. The number of phenols is 1. The number of thiophene rings is 1. The highest BCUT2D eigenvalue weighted by Crippen LogP contribution is 2.22. The molecule has 2 rings (SSSR count). The van der Waals surface area contributed by atoms with Gasteiger partial charge in [0.1, 0.15) is 11.8 Å². The Bertz CT molecular complexity index is 959. The van der Waals surface area contributed by atoms with Crippen molar-refractivity contribution >= 4 is 35.2 Å². The van der Waals surface area contributed by atoms with E-state index in [2.05, 4.69) is 15.4 Å². The van der Waals surface area contributed by atoms with Crippen LogP contribution in [0.4, 0.5) is 4.79 Å². The van der Waals surface area contributed by atoms with Gasteiger partial charge in [0.15, 0.2) is 0 Å². The predicted molar refractivity (Wildman–Crippen MR) is 119 cm³/mol. The van der Waals surface area contributed by atoms with Crippen molar-refractivity contribution in [1.29, 1.82) is 0 Å². The van der Waals surface area contributed by atoms with E-state index in [1.54, 1.807) is 25.1 Å². The fraction of sp³-hybridized carbons (Fsp3) is 0.333. The first-order chi connectivity index (χ1) is 15.2. The van der Waals surface area contributed by atoms with Gasteiger partial charge < -0.3 is 30.9 Å².